The second-order valence-electron chi connectivity index (χ2n) is 8.86. The van der Waals surface area contributed by atoms with Gasteiger partial charge in [-0.1, -0.05) is 12.1 Å². The molecule has 0 saturated carbocycles. The molecule has 6 rings (SSSR count). The van der Waals surface area contributed by atoms with Gasteiger partial charge in [0.05, 0.1) is 0 Å². The molecule has 2 saturated heterocycles. The molecule has 0 aliphatic carbocycles. The van der Waals surface area contributed by atoms with E-state index in [0.29, 0.717) is 30.6 Å². The molecule has 2 bridgehead atoms. The van der Waals surface area contributed by atoms with Gasteiger partial charge < -0.3 is 19.9 Å². The maximum atomic E-state index is 11.2. The molecule has 3 aromatic rings. The van der Waals surface area contributed by atoms with Gasteiger partial charge >= 0.3 is 5.69 Å². The normalized spacial score (nSPS) is 23.6. The van der Waals surface area contributed by atoms with Crippen LogP contribution in [0.1, 0.15) is 31.2 Å². The summed E-state index contributed by atoms with van der Waals surface area (Å²) in [4.78, 5) is 24.9. The monoisotopic (exact) mass is 415 g/mol. The summed E-state index contributed by atoms with van der Waals surface area (Å²) >= 11 is 0. The van der Waals surface area contributed by atoms with Gasteiger partial charge in [-0.2, -0.15) is 4.98 Å². The average molecular weight is 415 g/mol. The molecular formula is C24H25N5O2. The first-order chi connectivity index (χ1) is 15.1. The topological polar surface area (TPSA) is 83.1 Å². The lowest BCUT2D eigenvalue weighted by molar-refractivity contribution is 0.289. The molecule has 158 valence electrons. The third-order valence-electron chi connectivity index (χ3n) is 6.97. The number of H-pyrrole nitrogens is 1. The van der Waals surface area contributed by atoms with Crippen LogP contribution >= 0.6 is 0 Å². The van der Waals surface area contributed by atoms with Crippen LogP contribution in [-0.4, -0.2) is 40.1 Å². The fourth-order valence-electron chi connectivity index (χ4n) is 5.27. The summed E-state index contributed by atoms with van der Waals surface area (Å²) in [5.74, 6) is 1.68. The van der Waals surface area contributed by atoms with Crippen molar-refractivity contribution in [2.75, 3.05) is 11.9 Å². The van der Waals surface area contributed by atoms with Gasteiger partial charge in [0.15, 0.2) is 0 Å². The van der Waals surface area contributed by atoms with E-state index in [1.54, 1.807) is 12.4 Å². The third kappa shape index (κ3) is 3.29. The van der Waals surface area contributed by atoms with Crippen molar-refractivity contribution in [2.24, 2.45) is 0 Å². The number of anilines is 1. The van der Waals surface area contributed by atoms with E-state index in [1.807, 2.05) is 6.07 Å². The molecule has 5 heterocycles. The molecule has 2 fully saturated rings. The van der Waals surface area contributed by atoms with Crippen molar-refractivity contribution in [2.45, 2.75) is 50.4 Å². The third-order valence-corrected chi connectivity index (χ3v) is 6.97. The molecule has 2 aromatic heterocycles. The van der Waals surface area contributed by atoms with Crippen molar-refractivity contribution in [1.82, 2.24) is 20.3 Å². The quantitative estimate of drug-likeness (QED) is 0.684. The lowest BCUT2D eigenvalue weighted by Gasteiger charge is -2.36. The molecular weight excluding hydrogens is 390 g/mol. The molecule has 7 heteroatoms. The van der Waals surface area contributed by atoms with Crippen molar-refractivity contribution in [3.05, 3.63) is 58.8 Å². The van der Waals surface area contributed by atoms with E-state index < -0.39 is 0 Å². The lowest BCUT2D eigenvalue weighted by atomic mass is 9.95. The molecule has 0 radical (unpaired) electrons. The summed E-state index contributed by atoms with van der Waals surface area (Å²) in [5, 5.41) is 3.71. The summed E-state index contributed by atoms with van der Waals surface area (Å²) in [6, 6.07) is 12.3. The highest BCUT2D eigenvalue weighted by atomic mass is 16.5. The van der Waals surface area contributed by atoms with Crippen molar-refractivity contribution in [3.63, 3.8) is 0 Å². The van der Waals surface area contributed by atoms with Gasteiger partial charge in [-0.25, -0.2) is 9.78 Å². The molecule has 0 unspecified atom stereocenters. The standard InChI is InChI=1S/C24H25N5O2/c1-29(19-9-17-3-4-18(10-19)27-17)22-7-6-21-20-5-2-14(16-11-25-24(30)26-12-16)8-15(20)13-31-23(21)28-22/h2,5-8,11-12,17-19,27H,3-4,9-10,13H2,1H3,(H,25,26,30)/t17-,18+,19-. The Kier molecular flexibility index (Phi) is 4.31. The van der Waals surface area contributed by atoms with Gasteiger partial charge in [-0.15, -0.1) is 0 Å². The lowest BCUT2D eigenvalue weighted by Crippen LogP contribution is -2.47. The van der Waals surface area contributed by atoms with E-state index in [0.717, 1.165) is 33.6 Å². The largest absolute Gasteiger partial charge is 0.472 e. The van der Waals surface area contributed by atoms with Crippen LogP contribution in [0.15, 0.2) is 47.5 Å². The van der Waals surface area contributed by atoms with Gasteiger partial charge in [-0.3, -0.25) is 0 Å². The Bertz CT molecular complexity index is 1170. The van der Waals surface area contributed by atoms with Gasteiger partial charge in [0.2, 0.25) is 5.88 Å². The Hall–Kier alpha value is -3.19. The SMILES string of the molecule is CN(c1ccc2c(n1)OCc1cc(-c3cnc(=O)[nH]c3)ccc1-2)[C@@H]1C[C@H]2CC[C@@H](C1)N2. The number of hydrogen-bond acceptors (Lipinski definition) is 6. The number of ether oxygens (including phenoxy) is 1. The molecule has 3 aliphatic heterocycles. The Labute approximate surface area is 180 Å². The van der Waals surface area contributed by atoms with E-state index in [4.69, 9.17) is 9.72 Å². The van der Waals surface area contributed by atoms with E-state index in [1.165, 1.54) is 25.7 Å². The summed E-state index contributed by atoms with van der Waals surface area (Å²) in [5.41, 5.74) is 4.80. The predicted molar refractivity (Wildman–Crippen MR) is 119 cm³/mol. The Morgan fingerprint density at radius 1 is 1.06 bits per heavy atom. The van der Waals surface area contributed by atoms with Crippen molar-refractivity contribution < 1.29 is 4.74 Å². The summed E-state index contributed by atoms with van der Waals surface area (Å²) in [6.45, 7) is 0.477. The van der Waals surface area contributed by atoms with Crippen LogP contribution in [0.3, 0.4) is 0 Å². The van der Waals surface area contributed by atoms with Gasteiger partial charge in [-0.05, 0) is 60.6 Å². The van der Waals surface area contributed by atoms with E-state index in [-0.39, 0.29) is 5.69 Å². The minimum Gasteiger partial charge on any atom is -0.472 e. The summed E-state index contributed by atoms with van der Waals surface area (Å²) in [6.07, 6.45) is 8.23. The highest BCUT2D eigenvalue weighted by Gasteiger charge is 2.35. The van der Waals surface area contributed by atoms with Crippen LogP contribution in [0.2, 0.25) is 0 Å². The zero-order valence-electron chi connectivity index (χ0n) is 17.5. The first-order valence-electron chi connectivity index (χ1n) is 11.0. The van der Waals surface area contributed by atoms with Crippen molar-refractivity contribution in [1.29, 1.82) is 0 Å². The molecule has 0 amide bonds. The zero-order valence-corrected chi connectivity index (χ0v) is 17.5. The molecule has 3 atom stereocenters. The number of rotatable bonds is 3. The zero-order chi connectivity index (χ0) is 20.9. The second kappa shape index (κ2) is 7.20. The van der Waals surface area contributed by atoms with Gasteiger partial charge in [0.25, 0.3) is 0 Å². The molecule has 3 aliphatic rings. The molecule has 0 spiro atoms. The number of pyridine rings is 1. The average Bonchev–Trinajstić information content (AvgIpc) is 3.15. The van der Waals surface area contributed by atoms with Gasteiger partial charge in [0, 0.05) is 48.7 Å². The fraction of sp³-hybridized carbons (Fsp3) is 0.375. The Balaban J connectivity index is 1.28. The summed E-state index contributed by atoms with van der Waals surface area (Å²) < 4.78 is 6.07. The number of hydrogen-bond donors (Lipinski definition) is 2. The fourth-order valence-corrected chi connectivity index (χ4v) is 5.27. The number of fused-ring (bicyclic) bond motifs is 5. The molecule has 1 aromatic carbocycles. The Morgan fingerprint density at radius 2 is 1.87 bits per heavy atom. The van der Waals surface area contributed by atoms with Crippen molar-refractivity contribution in [3.8, 4) is 28.1 Å². The van der Waals surface area contributed by atoms with Crippen LogP contribution in [0, 0.1) is 0 Å². The highest BCUT2D eigenvalue weighted by molar-refractivity contribution is 5.78. The van der Waals surface area contributed by atoms with Gasteiger partial charge in [0.1, 0.15) is 12.4 Å². The van der Waals surface area contributed by atoms with Crippen LogP contribution in [0.25, 0.3) is 22.3 Å². The number of nitrogens with zero attached hydrogens (tertiary/aromatic N) is 3. The maximum Gasteiger partial charge on any atom is 0.344 e. The molecule has 31 heavy (non-hydrogen) atoms. The van der Waals surface area contributed by atoms with Crippen LogP contribution in [-0.2, 0) is 6.61 Å². The molecule has 2 N–H and O–H groups in total. The first-order valence-corrected chi connectivity index (χ1v) is 11.0. The predicted octanol–water partition coefficient (Wildman–Crippen LogP) is 3.11. The van der Waals surface area contributed by atoms with Crippen LogP contribution < -0.4 is 20.6 Å². The van der Waals surface area contributed by atoms with E-state index in [2.05, 4.69) is 51.5 Å². The Morgan fingerprint density at radius 3 is 2.65 bits per heavy atom. The van der Waals surface area contributed by atoms with E-state index in [9.17, 15) is 4.79 Å². The first kappa shape index (κ1) is 18.6. The maximum absolute atomic E-state index is 11.2. The van der Waals surface area contributed by atoms with Crippen LogP contribution in [0.5, 0.6) is 5.88 Å². The summed E-state index contributed by atoms with van der Waals surface area (Å²) in [7, 11) is 2.16. The minimum atomic E-state index is -0.344. The smallest absolute Gasteiger partial charge is 0.344 e. The number of nitrogens with one attached hydrogen (secondary N) is 2. The number of aromatic amines is 1. The second-order valence-corrected chi connectivity index (χ2v) is 8.86. The van der Waals surface area contributed by atoms with Crippen molar-refractivity contribution >= 4 is 5.82 Å². The number of aromatic nitrogens is 3. The number of benzene rings is 1. The number of piperidine rings is 1. The van der Waals surface area contributed by atoms with Crippen LogP contribution in [0.4, 0.5) is 5.82 Å². The molecule has 7 nitrogen and oxygen atoms in total. The highest BCUT2D eigenvalue weighted by Crippen LogP contribution is 2.39. The van der Waals surface area contributed by atoms with E-state index >= 15 is 0 Å². The minimum absolute atomic E-state index is 0.344.